The average molecular weight is 206 g/mol. The summed E-state index contributed by atoms with van der Waals surface area (Å²) in [4.78, 5) is 4.16. The highest BCUT2D eigenvalue weighted by molar-refractivity contribution is 5.31. The molecule has 1 aliphatic carbocycles. The van der Waals surface area contributed by atoms with Gasteiger partial charge in [0.2, 0.25) is 5.88 Å². The maximum atomic E-state index is 5.86. The SMILES string of the molecule is CC1CCCCC1Oc1cccc(N)n1. The summed E-state index contributed by atoms with van der Waals surface area (Å²) in [5, 5.41) is 0. The van der Waals surface area contributed by atoms with Crippen LogP contribution in [-0.4, -0.2) is 11.1 Å². The molecule has 1 aromatic rings. The predicted octanol–water partition coefficient (Wildman–Crippen LogP) is 2.62. The lowest BCUT2D eigenvalue weighted by atomic mass is 9.88. The van der Waals surface area contributed by atoms with E-state index in [1.807, 2.05) is 12.1 Å². The molecule has 2 atom stereocenters. The number of hydrogen-bond acceptors (Lipinski definition) is 3. The van der Waals surface area contributed by atoms with Gasteiger partial charge < -0.3 is 10.5 Å². The Morgan fingerprint density at radius 2 is 2.13 bits per heavy atom. The molecule has 0 amide bonds. The van der Waals surface area contributed by atoms with Crippen LogP contribution < -0.4 is 10.5 Å². The molecule has 82 valence electrons. The molecule has 3 heteroatoms. The molecule has 0 aromatic carbocycles. The minimum absolute atomic E-state index is 0.313. The van der Waals surface area contributed by atoms with Crippen LogP contribution in [0.5, 0.6) is 5.88 Å². The number of nitrogen functional groups attached to an aromatic ring is 1. The standard InChI is InChI=1S/C12H18N2O/c1-9-5-2-3-6-10(9)15-12-8-4-7-11(13)14-12/h4,7-10H,2-3,5-6H2,1H3,(H2,13,14). The van der Waals surface area contributed by atoms with Gasteiger partial charge in [-0.2, -0.15) is 4.98 Å². The monoisotopic (exact) mass is 206 g/mol. The fourth-order valence-corrected chi connectivity index (χ4v) is 2.11. The van der Waals surface area contributed by atoms with Crippen molar-refractivity contribution in [2.24, 2.45) is 5.92 Å². The molecule has 15 heavy (non-hydrogen) atoms. The van der Waals surface area contributed by atoms with Gasteiger partial charge in [0.25, 0.3) is 0 Å². The third kappa shape index (κ3) is 2.61. The van der Waals surface area contributed by atoms with Gasteiger partial charge in [-0.1, -0.05) is 19.4 Å². The van der Waals surface area contributed by atoms with Gasteiger partial charge in [0.15, 0.2) is 0 Å². The van der Waals surface area contributed by atoms with Crippen molar-refractivity contribution in [3.63, 3.8) is 0 Å². The molecule has 0 bridgehead atoms. The highest BCUT2D eigenvalue weighted by Gasteiger charge is 2.23. The molecule has 2 N–H and O–H groups in total. The van der Waals surface area contributed by atoms with Crippen molar-refractivity contribution in [1.29, 1.82) is 0 Å². The Morgan fingerprint density at radius 3 is 2.87 bits per heavy atom. The molecule has 3 nitrogen and oxygen atoms in total. The van der Waals surface area contributed by atoms with Gasteiger partial charge in [0.1, 0.15) is 11.9 Å². The van der Waals surface area contributed by atoms with E-state index >= 15 is 0 Å². The minimum Gasteiger partial charge on any atom is -0.474 e. The minimum atomic E-state index is 0.313. The Bertz CT molecular complexity index is 327. The smallest absolute Gasteiger partial charge is 0.215 e. The van der Waals surface area contributed by atoms with Crippen molar-refractivity contribution in [3.8, 4) is 5.88 Å². The van der Waals surface area contributed by atoms with Gasteiger partial charge in [-0.3, -0.25) is 0 Å². The summed E-state index contributed by atoms with van der Waals surface area (Å²) < 4.78 is 5.86. The lowest BCUT2D eigenvalue weighted by molar-refractivity contribution is 0.0978. The Labute approximate surface area is 90.7 Å². The molecular weight excluding hydrogens is 188 g/mol. The molecule has 0 spiro atoms. The van der Waals surface area contributed by atoms with Crippen molar-refractivity contribution >= 4 is 5.82 Å². The number of aromatic nitrogens is 1. The molecule has 1 aliphatic rings. The second-order valence-corrected chi connectivity index (χ2v) is 4.32. The summed E-state index contributed by atoms with van der Waals surface area (Å²) in [6.45, 7) is 2.25. The lowest BCUT2D eigenvalue weighted by Gasteiger charge is -2.28. The summed E-state index contributed by atoms with van der Waals surface area (Å²) in [6.07, 6.45) is 5.29. The number of nitrogens with zero attached hydrogens (tertiary/aromatic N) is 1. The van der Waals surface area contributed by atoms with E-state index in [1.54, 1.807) is 6.07 Å². The summed E-state index contributed by atoms with van der Waals surface area (Å²) in [7, 11) is 0. The van der Waals surface area contributed by atoms with Crippen LogP contribution in [0.25, 0.3) is 0 Å². The first-order valence-electron chi connectivity index (χ1n) is 5.65. The molecule has 1 saturated carbocycles. The van der Waals surface area contributed by atoms with Crippen LogP contribution in [0.4, 0.5) is 5.82 Å². The largest absolute Gasteiger partial charge is 0.474 e. The Balaban J connectivity index is 2.01. The van der Waals surface area contributed by atoms with E-state index in [0.717, 1.165) is 6.42 Å². The molecule has 2 unspecified atom stereocenters. The Morgan fingerprint density at radius 1 is 1.33 bits per heavy atom. The van der Waals surface area contributed by atoms with E-state index in [9.17, 15) is 0 Å². The predicted molar refractivity (Wildman–Crippen MR) is 60.7 cm³/mol. The fourth-order valence-electron chi connectivity index (χ4n) is 2.11. The first-order valence-corrected chi connectivity index (χ1v) is 5.65. The molecule has 0 saturated heterocycles. The Kier molecular flexibility index (Phi) is 3.09. The van der Waals surface area contributed by atoms with Crippen LogP contribution >= 0.6 is 0 Å². The van der Waals surface area contributed by atoms with Crippen LogP contribution in [0.2, 0.25) is 0 Å². The number of ether oxygens (including phenoxy) is 1. The second kappa shape index (κ2) is 4.51. The number of nitrogens with two attached hydrogens (primary N) is 1. The molecule has 1 aromatic heterocycles. The molecular formula is C12H18N2O. The van der Waals surface area contributed by atoms with Crippen molar-refractivity contribution in [2.45, 2.75) is 38.7 Å². The van der Waals surface area contributed by atoms with Crippen molar-refractivity contribution < 1.29 is 4.74 Å². The van der Waals surface area contributed by atoms with Crippen LogP contribution in [-0.2, 0) is 0 Å². The van der Waals surface area contributed by atoms with Gasteiger partial charge in [0, 0.05) is 6.07 Å². The van der Waals surface area contributed by atoms with Crippen LogP contribution in [0, 0.1) is 5.92 Å². The molecule has 0 radical (unpaired) electrons. The zero-order chi connectivity index (χ0) is 10.7. The summed E-state index contributed by atoms with van der Waals surface area (Å²) in [5.74, 6) is 1.81. The number of hydrogen-bond donors (Lipinski definition) is 1. The quantitative estimate of drug-likeness (QED) is 0.809. The van der Waals surface area contributed by atoms with Crippen molar-refractivity contribution in [3.05, 3.63) is 18.2 Å². The van der Waals surface area contributed by atoms with Gasteiger partial charge in [-0.05, 0) is 31.2 Å². The van der Waals surface area contributed by atoms with E-state index in [2.05, 4.69) is 11.9 Å². The van der Waals surface area contributed by atoms with Gasteiger partial charge in [0.05, 0.1) is 0 Å². The second-order valence-electron chi connectivity index (χ2n) is 4.32. The van der Waals surface area contributed by atoms with E-state index in [4.69, 9.17) is 10.5 Å². The van der Waals surface area contributed by atoms with Crippen molar-refractivity contribution in [2.75, 3.05) is 5.73 Å². The molecule has 2 rings (SSSR count). The fraction of sp³-hybridized carbons (Fsp3) is 0.583. The van der Waals surface area contributed by atoms with Gasteiger partial charge >= 0.3 is 0 Å². The summed E-state index contributed by atoms with van der Waals surface area (Å²) in [5.41, 5.74) is 5.61. The molecule has 1 fully saturated rings. The third-order valence-electron chi connectivity index (χ3n) is 3.05. The maximum absolute atomic E-state index is 5.86. The Hall–Kier alpha value is -1.25. The van der Waals surface area contributed by atoms with Crippen molar-refractivity contribution in [1.82, 2.24) is 4.98 Å². The maximum Gasteiger partial charge on any atom is 0.215 e. The average Bonchev–Trinajstić information content (AvgIpc) is 2.22. The lowest BCUT2D eigenvalue weighted by Crippen LogP contribution is -2.28. The topological polar surface area (TPSA) is 48.1 Å². The van der Waals surface area contributed by atoms with E-state index in [1.165, 1.54) is 19.3 Å². The highest BCUT2D eigenvalue weighted by atomic mass is 16.5. The first kappa shape index (κ1) is 10.3. The normalized spacial score (nSPS) is 26.2. The van der Waals surface area contributed by atoms with Gasteiger partial charge in [-0.25, -0.2) is 0 Å². The number of anilines is 1. The molecule has 1 heterocycles. The van der Waals surface area contributed by atoms with Crippen LogP contribution in [0.15, 0.2) is 18.2 Å². The van der Waals surface area contributed by atoms with Gasteiger partial charge in [-0.15, -0.1) is 0 Å². The number of rotatable bonds is 2. The summed E-state index contributed by atoms with van der Waals surface area (Å²) >= 11 is 0. The highest BCUT2D eigenvalue weighted by Crippen LogP contribution is 2.27. The van der Waals surface area contributed by atoms with E-state index in [-0.39, 0.29) is 0 Å². The van der Waals surface area contributed by atoms with E-state index < -0.39 is 0 Å². The van der Waals surface area contributed by atoms with E-state index in [0.29, 0.717) is 23.7 Å². The summed E-state index contributed by atoms with van der Waals surface area (Å²) in [6, 6.07) is 5.53. The third-order valence-corrected chi connectivity index (χ3v) is 3.05. The first-order chi connectivity index (χ1) is 7.25. The zero-order valence-electron chi connectivity index (χ0n) is 9.15. The number of pyridine rings is 1. The zero-order valence-corrected chi connectivity index (χ0v) is 9.15. The molecule has 0 aliphatic heterocycles. The van der Waals surface area contributed by atoms with Crippen LogP contribution in [0.3, 0.4) is 0 Å². The van der Waals surface area contributed by atoms with Crippen LogP contribution in [0.1, 0.15) is 32.6 Å².